The van der Waals surface area contributed by atoms with Crippen molar-refractivity contribution in [2.45, 2.75) is 44.9 Å². The molecule has 0 amide bonds. The first-order valence-electron chi connectivity index (χ1n) is 10.2. The number of hydrogen-bond donors (Lipinski definition) is 0. The third-order valence-electron chi connectivity index (χ3n) is 6.80. The average Bonchev–Trinajstić information content (AvgIpc) is 3.12. The number of Topliss-reactive ketones (excluding diaryl/α,β-unsaturated/α-hetero) is 1. The standard InChI is InChI=1S/C25H24N2O/c1-25(2)21-14-18(27-10-4-3-5-11-27)7-9-20(21)24(28)23-19-8-6-16(15-26)12-17(19)13-22(23)25/h6-9,12,14H,3-5,10-11,13H2,1-2H3. The van der Waals surface area contributed by atoms with Gasteiger partial charge in [-0.3, -0.25) is 4.79 Å². The normalized spacial score (nSPS) is 19.8. The third-order valence-corrected chi connectivity index (χ3v) is 6.80. The molecule has 2 aromatic carbocycles. The van der Waals surface area contributed by atoms with Crippen molar-refractivity contribution in [1.29, 1.82) is 5.26 Å². The molecule has 3 aliphatic rings. The van der Waals surface area contributed by atoms with E-state index in [1.807, 2.05) is 24.3 Å². The van der Waals surface area contributed by atoms with Crippen LogP contribution in [0.5, 0.6) is 0 Å². The molecule has 0 N–H and O–H groups in total. The summed E-state index contributed by atoms with van der Waals surface area (Å²) in [7, 11) is 0. The molecule has 0 saturated carbocycles. The van der Waals surface area contributed by atoms with Crippen LogP contribution in [0.15, 0.2) is 42.0 Å². The smallest absolute Gasteiger partial charge is 0.193 e. The van der Waals surface area contributed by atoms with E-state index < -0.39 is 0 Å². The molecule has 3 nitrogen and oxygen atoms in total. The van der Waals surface area contributed by atoms with E-state index >= 15 is 0 Å². The van der Waals surface area contributed by atoms with Crippen molar-refractivity contribution in [2.75, 3.05) is 18.0 Å². The van der Waals surface area contributed by atoms with Crippen LogP contribution in [0, 0.1) is 11.3 Å². The quantitative estimate of drug-likeness (QED) is 0.709. The number of nitriles is 1. The molecule has 2 aromatic rings. The zero-order chi connectivity index (χ0) is 19.5. The lowest BCUT2D eigenvalue weighted by Gasteiger charge is -2.36. The van der Waals surface area contributed by atoms with E-state index in [2.05, 4.69) is 36.9 Å². The number of ketones is 1. The largest absolute Gasteiger partial charge is 0.372 e. The predicted octanol–water partition coefficient (Wildman–Crippen LogP) is 5.03. The molecule has 5 rings (SSSR count). The maximum absolute atomic E-state index is 13.5. The highest BCUT2D eigenvalue weighted by molar-refractivity contribution is 6.33. The van der Waals surface area contributed by atoms with Crippen LogP contribution in [-0.2, 0) is 11.8 Å². The van der Waals surface area contributed by atoms with Crippen molar-refractivity contribution < 1.29 is 4.79 Å². The van der Waals surface area contributed by atoms with E-state index in [1.165, 1.54) is 30.5 Å². The molecule has 1 heterocycles. The molecule has 2 aliphatic carbocycles. The summed E-state index contributed by atoms with van der Waals surface area (Å²) in [6, 6.07) is 14.4. The monoisotopic (exact) mass is 368 g/mol. The Morgan fingerprint density at radius 2 is 1.75 bits per heavy atom. The van der Waals surface area contributed by atoms with Gasteiger partial charge in [-0.05, 0) is 78.3 Å². The number of piperidine rings is 1. The van der Waals surface area contributed by atoms with Crippen molar-refractivity contribution in [3.05, 3.63) is 69.8 Å². The number of rotatable bonds is 1. The Labute approximate surface area is 166 Å². The minimum atomic E-state index is -0.198. The number of anilines is 1. The summed E-state index contributed by atoms with van der Waals surface area (Å²) in [4.78, 5) is 15.9. The second-order valence-electron chi connectivity index (χ2n) is 8.75. The number of carbonyl (C=O) groups excluding carboxylic acids is 1. The van der Waals surface area contributed by atoms with Gasteiger partial charge in [-0.25, -0.2) is 0 Å². The Balaban J connectivity index is 1.62. The predicted molar refractivity (Wildman–Crippen MR) is 112 cm³/mol. The molecule has 0 bridgehead atoms. The van der Waals surface area contributed by atoms with Gasteiger partial charge in [0.25, 0.3) is 0 Å². The highest BCUT2D eigenvalue weighted by Gasteiger charge is 2.43. The van der Waals surface area contributed by atoms with Crippen molar-refractivity contribution >= 4 is 17.0 Å². The molecule has 1 fully saturated rings. The molecule has 1 saturated heterocycles. The van der Waals surface area contributed by atoms with Gasteiger partial charge >= 0.3 is 0 Å². The van der Waals surface area contributed by atoms with Crippen LogP contribution in [0.3, 0.4) is 0 Å². The molecule has 1 aliphatic heterocycles. The molecule has 0 atom stereocenters. The summed E-state index contributed by atoms with van der Waals surface area (Å²) in [5, 5.41) is 9.24. The molecule has 0 unspecified atom stereocenters. The average molecular weight is 368 g/mol. The van der Waals surface area contributed by atoms with Crippen LogP contribution < -0.4 is 4.90 Å². The van der Waals surface area contributed by atoms with Crippen LogP contribution in [0.25, 0.3) is 5.57 Å². The van der Waals surface area contributed by atoms with E-state index in [0.717, 1.165) is 47.3 Å². The van der Waals surface area contributed by atoms with Crippen LogP contribution in [0.2, 0.25) is 0 Å². The van der Waals surface area contributed by atoms with E-state index in [1.54, 1.807) is 0 Å². The zero-order valence-electron chi connectivity index (χ0n) is 16.5. The van der Waals surface area contributed by atoms with Crippen LogP contribution in [-0.4, -0.2) is 18.9 Å². The van der Waals surface area contributed by atoms with Crippen molar-refractivity contribution in [2.24, 2.45) is 0 Å². The minimum absolute atomic E-state index is 0.137. The number of carbonyl (C=O) groups is 1. The summed E-state index contributed by atoms with van der Waals surface area (Å²) in [6.45, 7) is 6.68. The number of hydrogen-bond acceptors (Lipinski definition) is 3. The van der Waals surface area contributed by atoms with Gasteiger partial charge in [-0.1, -0.05) is 19.9 Å². The van der Waals surface area contributed by atoms with Gasteiger partial charge in [-0.15, -0.1) is 0 Å². The Morgan fingerprint density at radius 1 is 1.00 bits per heavy atom. The van der Waals surface area contributed by atoms with Gasteiger partial charge in [0.15, 0.2) is 5.78 Å². The molecule has 140 valence electrons. The Bertz CT molecular complexity index is 1080. The first-order valence-corrected chi connectivity index (χ1v) is 10.2. The van der Waals surface area contributed by atoms with Gasteiger partial charge < -0.3 is 4.90 Å². The van der Waals surface area contributed by atoms with Crippen LogP contribution in [0.1, 0.15) is 65.7 Å². The summed E-state index contributed by atoms with van der Waals surface area (Å²) in [5.41, 5.74) is 7.87. The van der Waals surface area contributed by atoms with E-state index in [9.17, 15) is 10.1 Å². The second-order valence-corrected chi connectivity index (χ2v) is 8.75. The van der Waals surface area contributed by atoms with E-state index in [0.29, 0.717) is 5.56 Å². The Kier molecular flexibility index (Phi) is 3.74. The van der Waals surface area contributed by atoms with E-state index in [-0.39, 0.29) is 11.2 Å². The molecule has 0 aromatic heterocycles. The summed E-state index contributed by atoms with van der Waals surface area (Å²) in [6.07, 6.45) is 4.55. The zero-order valence-corrected chi connectivity index (χ0v) is 16.5. The SMILES string of the molecule is CC1(C)C2=C(C(=O)c3ccc(N4CCCCC4)cc31)c1ccc(C#N)cc1C2. The van der Waals surface area contributed by atoms with Crippen molar-refractivity contribution in [3.8, 4) is 6.07 Å². The number of fused-ring (bicyclic) bond motifs is 3. The van der Waals surface area contributed by atoms with Crippen LogP contribution in [0.4, 0.5) is 5.69 Å². The maximum atomic E-state index is 13.5. The fourth-order valence-corrected chi connectivity index (χ4v) is 5.18. The number of benzene rings is 2. The number of nitrogens with zero attached hydrogens (tertiary/aromatic N) is 2. The molecular weight excluding hydrogens is 344 g/mol. The minimum Gasteiger partial charge on any atom is -0.372 e. The van der Waals surface area contributed by atoms with Gasteiger partial charge in [0.05, 0.1) is 11.6 Å². The van der Waals surface area contributed by atoms with Gasteiger partial charge in [0.1, 0.15) is 0 Å². The molecule has 3 heteroatoms. The molecular formula is C25H24N2O. The fourth-order valence-electron chi connectivity index (χ4n) is 5.18. The lowest BCUT2D eigenvalue weighted by molar-refractivity contribution is 0.105. The maximum Gasteiger partial charge on any atom is 0.193 e. The van der Waals surface area contributed by atoms with Crippen molar-refractivity contribution in [1.82, 2.24) is 0 Å². The fraction of sp³-hybridized carbons (Fsp3) is 0.360. The summed E-state index contributed by atoms with van der Waals surface area (Å²) >= 11 is 0. The summed E-state index contributed by atoms with van der Waals surface area (Å²) in [5.74, 6) is 0.137. The molecule has 0 spiro atoms. The van der Waals surface area contributed by atoms with Crippen molar-refractivity contribution in [3.63, 3.8) is 0 Å². The Morgan fingerprint density at radius 3 is 2.50 bits per heavy atom. The van der Waals surface area contributed by atoms with E-state index in [4.69, 9.17) is 0 Å². The lowest BCUT2D eigenvalue weighted by atomic mass is 9.68. The highest BCUT2D eigenvalue weighted by atomic mass is 16.1. The Hall–Kier alpha value is -2.86. The van der Waals surface area contributed by atoms with Crippen LogP contribution >= 0.6 is 0 Å². The van der Waals surface area contributed by atoms with Gasteiger partial charge in [-0.2, -0.15) is 5.26 Å². The first-order chi connectivity index (χ1) is 13.5. The second kappa shape index (κ2) is 6.07. The molecule has 0 radical (unpaired) electrons. The lowest BCUT2D eigenvalue weighted by Crippen LogP contribution is -2.32. The molecule has 28 heavy (non-hydrogen) atoms. The third kappa shape index (κ3) is 2.37. The topological polar surface area (TPSA) is 44.1 Å². The van der Waals surface area contributed by atoms with Gasteiger partial charge in [0, 0.05) is 35.3 Å². The summed E-state index contributed by atoms with van der Waals surface area (Å²) < 4.78 is 0. The highest BCUT2D eigenvalue weighted by Crippen LogP contribution is 2.50. The van der Waals surface area contributed by atoms with Gasteiger partial charge in [0.2, 0.25) is 0 Å². The number of allylic oxidation sites excluding steroid dienone is 2. The first kappa shape index (κ1) is 17.3.